The van der Waals surface area contributed by atoms with Crippen molar-refractivity contribution in [3.05, 3.63) is 12.4 Å². The molecule has 0 spiro atoms. The van der Waals surface area contributed by atoms with Crippen molar-refractivity contribution < 1.29 is 26.3 Å². The number of halogens is 4. The zero-order valence-corrected chi connectivity index (χ0v) is 15.3. The van der Waals surface area contributed by atoms with Crippen LogP contribution in [0.1, 0.15) is 12.8 Å². The van der Waals surface area contributed by atoms with Crippen molar-refractivity contribution in [2.24, 2.45) is 5.41 Å². The molecule has 1 saturated heterocycles. The summed E-state index contributed by atoms with van der Waals surface area (Å²) in [6, 6.07) is 0. The molecular weight excluding hydrogens is 385 g/mol. The standard InChI is InChI=1S/C13H21F3N4O3S.ClH/c1-23-10-12(2-4-17-5-3-12)8-19-24(21,22)11-6-18-20(7-11)9-13(14,15)16;/h6-7,17,19H,2-5,8-10H2,1H3;1H. The molecular formula is C13H22ClF3N4O3S. The van der Waals surface area contributed by atoms with Gasteiger partial charge in [0.2, 0.25) is 10.0 Å². The summed E-state index contributed by atoms with van der Waals surface area (Å²) in [7, 11) is -2.37. The van der Waals surface area contributed by atoms with E-state index in [0.717, 1.165) is 38.3 Å². The highest BCUT2D eigenvalue weighted by molar-refractivity contribution is 7.89. The van der Waals surface area contributed by atoms with Crippen molar-refractivity contribution in [1.29, 1.82) is 0 Å². The number of aromatic nitrogens is 2. The Morgan fingerprint density at radius 1 is 1.40 bits per heavy atom. The molecule has 1 fully saturated rings. The van der Waals surface area contributed by atoms with Gasteiger partial charge in [0, 0.05) is 25.3 Å². The predicted molar refractivity (Wildman–Crippen MR) is 87.1 cm³/mol. The number of ether oxygens (including phenoxy) is 1. The quantitative estimate of drug-likeness (QED) is 0.709. The maximum absolute atomic E-state index is 12.3. The average Bonchev–Trinajstić information content (AvgIpc) is 2.94. The Bertz CT molecular complexity index is 640. The van der Waals surface area contributed by atoms with Crippen LogP contribution in [0, 0.1) is 5.41 Å². The Kier molecular flexibility index (Phi) is 7.69. The first kappa shape index (κ1) is 22.2. The smallest absolute Gasteiger partial charge is 0.384 e. The molecule has 1 aromatic heterocycles. The summed E-state index contributed by atoms with van der Waals surface area (Å²) in [6.45, 7) is 0.755. The van der Waals surface area contributed by atoms with E-state index in [0.29, 0.717) is 11.3 Å². The second-order valence-corrected chi connectivity index (χ2v) is 7.76. The average molecular weight is 407 g/mol. The van der Waals surface area contributed by atoms with Gasteiger partial charge in [0.05, 0.1) is 12.8 Å². The maximum atomic E-state index is 12.3. The number of piperidine rings is 1. The summed E-state index contributed by atoms with van der Waals surface area (Å²) < 4.78 is 69.8. The fraction of sp³-hybridized carbons (Fsp3) is 0.769. The Balaban J connectivity index is 0.00000312. The van der Waals surface area contributed by atoms with E-state index in [1.54, 1.807) is 7.11 Å². The van der Waals surface area contributed by atoms with Crippen molar-refractivity contribution in [1.82, 2.24) is 19.8 Å². The number of hydrogen-bond donors (Lipinski definition) is 2. The largest absolute Gasteiger partial charge is 0.408 e. The molecule has 0 bridgehead atoms. The molecule has 0 atom stereocenters. The first-order valence-corrected chi connectivity index (χ1v) is 8.93. The van der Waals surface area contributed by atoms with Crippen LogP contribution in [0.3, 0.4) is 0 Å². The fourth-order valence-electron chi connectivity index (χ4n) is 2.72. The summed E-state index contributed by atoms with van der Waals surface area (Å²) in [5.41, 5.74) is -0.324. The van der Waals surface area contributed by atoms with Crippen LogP contribution >= 0.6 is 12.4 Å². The van der Waals surface area contributed by atoms with E-state index in [-0.39, 0.29) is 29.3 Å². The Hall–Kier alpha value is -0.880. The summed E-state index contributed by atoms with van der Waals surface area (Å²) in [4.78, 5) is -0.284. The Morgan fingerprint density at radius 2 is 2.04 bits per heavy atom. The highest BCUT2D eigenvalue weighted by Crippen LogP contribution is 2.29. The third-order valence-corrected chi connectivity index (χ3v) is 5.37. The van der Waals surface area contributed by atoms with Gasteiger partial charge in [-0.15, -0.1) is 12.4 Å². The number of nitrogens with zero attached hydrogens (tertiary/aromatic N) is 2. The zero-order chi connectivity index (χ0) is 17.8. The predicted octanol–water partition coefficient (Wildman–Crippen LogP) is 1.16. The zero-order valence-electron chi connectivity index (χ0n) is 13.7. The number of alkyl halides is 3. The minimum absolute atomic E-state index is 0. The number of sulfonamides is 1. The van der Waals surface area contributed by atoms with Gasteiger partial charge >= 0.3 is 6.18 Å². The molecule has 1 aliphatic heterocycles. The molecule has 0 aliphatic carbocycles. The van der Waals surface area contributed by atoms with Gasteiger partial charge in [-0.2, -0.15) is 18.3 Å². The van der Waals surface area contributed by atoms with E-state index < -0.39 is 22.7 Å². The molecule has 0 unspecified atom stereocenters. The third-order valence-electron chi connectivity index (χ3n) is 4.01. The number of methoxy groups -OCH3 is 1. The van der Waals surface area contributed by atoms with Gasteiger partial charge in [-0.3, -0.25) is 4.68 Å². The number of hydrogen-bond acceptors (Lipinski definition) is 5. The molecule has 25 heavy (non-hydrogen) atoms. The Labute approximate surface area is 150 Å². The topological polar surface area (TPSA) is 85.2 Å². The van der Waals surface area contributed by atoms with Crippen molar-refractivity contribution >= 4 is 22.4 Å². The van der Waals surface area contributed by atoms with E-state index in [9.17, 15) is 21.6 Å². The summed E-state index contributed by atoms with van der Waals surface area (Å²) in [5, 5.41) is 6.66. The second-order valence-electron chi connectivity index (χ2n) is 6.00. The Morgan fingerprint density at radius 3 is 2.60 bits per heavy atom. The van der Waals surface area contributed by atoms with Gasteiger partial charge in [0.1, 0.15) is 11.4 Å². The summed E-state index contributed by atoms with van der Waals surface area (Å²) >= 11 is 0. The molecule has 0 amide bonds. The molecule has 146 valence electrons. The summed E-state index contributed by atoms with van der Waals surface area (Å²) in [5.74, 6) is 0. The third kappa shape index (κ3) is 6.41. The van der Waals surface area contributed by atoms with E-state index in [1.165, 1.54) is 0 Å². The minimum atomic E-state index is -4.46. The lowest BCUT2D eigenvalue weighted by Crippen LogP contribution is -2.47. The van der Waals surface area contributed by atoms with E-state index in [2.05, 4.69) is 15.1 Å². The molecule has 0 aromatic carbocycles. The first-order valence-electron chi connectivity index (χ1n) is 7.44. The van der Waals surface area contributed by atoms with Crippen LogP contribution in [-0.4, -0.2) is 57.7 Å². The van der Waals surface area contributed by atoms with Gasteiger partial charge in [-0.25, -0.2) is 13.1 Å². The molecule has 2 N–H and O–H groups in total. The lowest BCUT2D eigenvalue weighted by Gasteiger charge is -2.37. The van der Waals surface area contributed by atoms with Gasteiger partial charge in [0.25, 0.3) is 0 Å². The number of rotatable bonds is 7. The monoisotopic (exact) mass is 406 g/mol. The summed E-state index contributed by atoms with van der Waals surface area (Å²) in [6.07, 6.45) is -1.17. The van der Waals surface area contributed by atoms with Gasteiger partial charge in [-0.05, 0) is 25.9 Å². The molecule has 0 radical (unpaired) electrons. The molecule has 1 aliphatic rings. The van der Waals surface area contributed by atoms with Crippen LogP contribution < -0.4 is 10.0 Å². The molecule has 0 saturated carbocycles. The van der Waals surface area contributed by atoms with E-state index in [4.69, 9.17) is 4.74 Å². The van der Waals surface area contributed by atoms with E-state index in [1.807, 2.05) is 0 Å². The van der Waals surface area contributed by atoms with Crippen LogP contribution in [-0.2, 0) is 21.3 Å². The van der Waals surface area contributed by atoms with Crippen LogP contribution in [0.5, 0.6) is 0 Å². The van der Waals surface area contributed by atoms with Crippen molar-refractivity contribution in [3.63, 3.8) is 0 Å². The fourth-order valence-corrected chi connectivity index (χ4v) is 3.83. The van der Waals surface area contributed by atoms with Crippen molar-refractivity contribution in [2.45, 2.75) is 30.5 Å². The first-order chi connectivity index (χ1) is 11.2. The van der Waals surface area contributed by atoms with Gasteiger partial charge < -0.3 is 10.1 Å². The van der Waals surface area contributed by atoms with Crippen LogP contribution in [0.15, 0.2) is 17.3 Å². The lowest BCUT2D eigenvalue weighted by atomic mass is 9.80. The molecule has 2 rings (SSSR count). The van der Waals surface area contributed by atoms with Gasteiger partial charge in [-0.1, -0.05) is 0 Å². The van der Waals surface area contributed by atoms with Crippen LogP contribution in [0.4, 0.5) is 13.2 Å². The maximum Gasteiger partial charge on any atom is 0.408 e. The highest BCUT2D eigenvalue weighted by Gasteiger charge is 2.34. The SMILES string of the molecule is COCC1(CNS(=O)(=O)c2cnn(CC(F)(F)F)c2)CCNCC1.Cl. The van der Waals surface area contributed by atoms with Gasteiger partial charge in [0.15, 0.2) is 0 Å². The van der Waals surface area contributed by atoms with Crippen LogP contribution in [0.25, 0.3) is 0 Å². The highest BCUT2D eigenvalue weighted by atomic mass is 35.5. The molecule has 7 nitrogen and oxygen atoms in total. The normalized spacial score (nSPS) is 17.9. The van der Waals surface area contributed by atoms with Crippen molar-refractivity contribution in [3.8, 4) is 0 Å². The number of nitrogens with one attached hydrogen (secondary N) is 2. The lowest BCUT2D eigenvalue weighted by molar-refractivity contribution is -0.142. The molecule has 12 heteroatoms. The van der Waals surface area contributed by atoms with E-state index >= 15 is 0 Å². The van der Waals surface area contributed by atoms with Crippen LogP contribution in [0.2, 0.25) is 0 Å². The molecule has 1 aromatic rings. The minimum Gasteiger partial charge on any atom is -0.384 e. The molecule has 2 heterocycles. The second kappa shape index (κ2) is 8.67. The van der Waals surface area contributed by atoms with Crippen molar-refractivity contribution in [2.75, 3.05) is 33.4 Å².